The van der Waals surface area contributed by atoms with Crippen molar-refractivity contribution in [2.24, 2.45) is 0 Å². The number of nitriles is 1. The Kier molecular flexibility index (Phi) is 7.58. The second-order valence-corrected chi connectivity index (χ2v) is 10.3. The molecule has 0 spiro atoms. The summed E-state index contributed by atoms with van der Waals surface area (Å²) in [4.78, 5) is 11.0. The number of benzene rings is 3. The van der Waals surface area contributed by atoms with E-state index < -0.39 is 11.1 Å². The van der Waals surface area contributed by atoms with Gasteiger partial charge in [0.25, 0.3) is 0 Å². The molecule has 7 nitrogen and oxygen atoms in total. The predicted molar refractivity (Wildman–Crippen MR) is 147 cm³/mol. The SMILES string of the molecule is N#Cc1cc(N(c2ccc(-c3ccc4nc(CS(=O)O)cnc4c3)cc2)C2CC2)cc(Cl)c1OCCCl. The second-order valence-electron chi connectivity index (χ2n) is 8.63. The van der Waals surface area contributed by atoms with Crippen molar-refractivity contribution in [1.29, 1.82) is 5.26 Å². The lowest BCUT2D eigenvalue weighted by atomic mass is 10.0. The first-order valence-electron chi connectivity index (χ1n) is 11.6. The molecular weight excluding hydrogens is 531 g/mol. The van der Waals surface area contributed by atoms with E-state index in [2.05, 4.69) is 33.1 Å². The molecule has 1 unspecified atom stereocenters. The van der Waals surface area contributed by atoms with Crippen molar-refractivity contribution in [2.45, 2.75) is 24.6 Å². The standard InChI is InChI=1S/C27H22Cl2N4O3S/c28-9-10-36-27-19(14-30)11-23(13-24(27)29)33(22-6-7-22)21-4-1-17(2-5-21)18-3-8-25-26(12-18)31-15-20(32-25)16-37(34)35/h1-5,8,11-13,15,22H,6-7,9-10,16H2,(H,34,35). The average molecular weight is 553 g/mol. The van der Waals surface area contributed by atoms with Crippen LogP contribution in [0.25, 0.3) is 22.2 Å². The molecule has 37 heavy (non-hydrogen) atoms. The first kappa shape index (κ1) is 25.4. The molecule has 5 rings (SSSR count). The third-order valence-electron chi connectivity index (χ3n) is 6.00. The monoisotopic (exact) mass is 552 g/mol. The van der Waals surface area contributed by atoms with E-state index in [4.69, 9.17) is 32.5 Å². The van der Waals surface area contributed by atoms with Gasteiger partial charge in [-0.2, -0.15) is 5.26 Å². The summed E-state index contributed by atoms with van der Waals surface area (Å²) in [6.45, 7) is 0.272. The van der Waals surface area contributed by atoms with Crippen LogP contribution >= 0.6 is 23.2 Å². The van der Waals surface area contributed by atoms with Crippen LogP contribution in [0.2, 0.25) is 5.02 Å². The molecule has 0 aliphatic heterocycles. The number of halogens is 2. The highest BCUT2D eigenvalue weighted by Crippen LogP contribution is 2.42. The maximum absolute atomic E-state index is 11.1. The van der Waals surface area contributed by atoms with Gasteiger partial charge in [-0.3, -0.25) is 4.98 Å². The minimum atomic E-state index is -1.96. The molecule has 3 aromatic carbocycles. The number of alkyl halides is 1. The first-order valence-corrected chi connectivity index (χ1v) is 13.8. The summed E-state index contributed by atoms with van der Waals surface area (Å²) in [5.41, 5.74) is 6.09. The van der Waals surface area contributed by atoms with Crippen LogP contribution in [0.4, 0.5) is 11.4 Å². The highest BCUT2D eigenvalue weighted by molar-refractivity contribution is 7.78. The molecule has 1 fully saturated rings. The van der Waals surface area contributed by atoms with E-state index in [0.29, 0.717) is 45.0 Å². The van der Waals surface area contributed by atoms with Gasteiger partial charge in [-0.1, -0.05) is 29.8 Å². The van der Waals surface area contributed by atoms with Gasteiger partial charge in [0.1, 0.15) is 12.7 Å². The summed E-state index contributed by atoms with van der Waals surface area (Å²) in [6, 6.07) is 20.2. The Morgan fingerprint density at radius 1 is 1.08 bits per heavy atom. The lowest BCUT2D eigenvalue weighted by molar-refractivity contribution is 0.342. The normalized spacial score (nSPS) is 13.8. The Balaban J connectivity index is 1.43. The molecule has 1 aliphatic carbocycles. The fraction of sp³-hybridized carbons (Fsp3) is 0.222. The van der Waals surface area contributed by atoms with Crippen LogP contribution in [-0.4, -0.2) is 37.3 Å². The van der Waals surface area contributed by atoms with E-state index in [-0.39, 0.29) is 12.4 Å². The zero-order valence-corrected chi connectivity index (χ0v) is 21.9. The Bertz CT molecular complexity index is 1520. The molecule has 1 saturated carbocycles. The van der Waals surface area contributed by atoms with Crippen molar-refractivity contribution < 1.29 is 13.5 Å². The summed E-state index contributed by atoms with van der Waals surface area (Å²) in [6.07, 6.45) is 3.64. The van der Waals surface area contributed by atoms with E-state index in [1.54, 1.807) is 0 Å². The van der Waals surface area contributed by atoms with E-state index in [1.807, 2.05) is 42.5 Å². The first-order chi connectivity index (χ1) is 18.0. The molecule has 1 atom stereocenters. The molecule has 1 heterocycles. The summed E-state index contributed by atoms with van der Waals surface area (Å²) in [7, 11) is 0. The zero-order chi connectivity index (χ0) is 25.9. The molecule has 1 aromatic heterocycles. The van der Waals surface area contributed by atoms with E-state index >= 15 is 0 Å². The molecule has 0 saturated heterocycles. The van der Waals surface area contributed by atoms with Crippen LogP contribution in [0, 0.1) is 11.3 Å². The molecule has 1 aliphatic rings. The highest BCUT2D eigenvalue weighted by atomic mass is 35.5. The number of ether oxygens (including phenoxy) is 1. The molecule has 10 heteroatoms. The second kappa shape index (κ2) is 11.0. The van der Waals surface area contributed by atoms with Gasteiger partial charge in [0.05, 0.1) is 45.1 Å². The van der Waals surface area contributed by atoms with Gasteiger partial charge in [0, 0.05) is 17.4 Å². The van der Waals surface area contributed by atoms with Crippen molar-refractivity contribution in [3.05, 3.63) is 77.1 Å². The Hall–Kier alpha value is -3.22. The van der Waals surface area contributed by atoms with Crippen molar-refractivity contribution in [3.63, 3.8) is 0 Å². The van der Waals surface area contributed by atoms with Gasteiger partial charge in [-0.05, 0) is 60.4 Å². The van der Waals surface area contributed by atoms with Crippen LogP contribution in [0.5, 0.6) is 5.75 Å². The maximum atomic E-state index is 11.1. The van der Waals surface area contributed by atoms with Crippen LogP contribution in [0.1, 0.15) is 24.1 Å². The van der Waals surface area contributed by atoms with E-state index in [9.17, 15) is 9.47 Å². The fourth-order valence-electron chi connectivity index (χ4n) is 4.23. The third kappa shape index (κ3) is 5.71. The van der Waals surface area contributed by atoms with E-state index in [0.717, 1.165) is 35.3 Å². The fourth-order valence-corrected chi connectivity index (χ4v) is 4.97. The lowest BCUT2D eigenvalue weighted by Crippen LogP contribution is -2.19. The third-order valence-corrected chi connectivity index (χ3v) is 6.98. The summed E-state index contributed by atoms with van der Waals surface area (Å²) < 4.78 is 25.8. The lowest BCUT2D eigenvalue weighted by Gasteiger charge is -2.26. The summed E-state index contributed by atoms with van der Waals surface area (Å²) in [5.74, 6) is 0.615. The number of aromatic nitrogens is 2. The van der Waals surface area contributed by atoms with Crippen LogP contribution in [0.15, 0.2) is 60.8 Å². The number of hydrogen-bond acceptors (Lipinski definition) is 6. The van der Waals surface area contributed by atoms with Gasteiger partial charge in [-0.25, -0.2) is 9.19 Å². The average Bonchev–Trinajstić information content (AvgIpc) is 3.73. The van der Waals surface area contributed by atoms with Crippen LogP contribution in [0.3, 0.4) is 0 Å². The van der Waals surface area contributed by atoms with Gasteiger partial charge in [0.2, 0.25) is 0 Å². The van der Waals surface area contributed by atoms with Crippen LogP contribution in [-0.2, 0) is 16.8 Å². The van der Waals surface area contributed by atoms with Crippen molar-refractivity contribution in [3.8, 4) is 22.9 Å². The number of rotatable bonds is 9. The van der Waals surface area contributed by atoms with Gasteiger partial charge < -0.3 is 14.2 Å². The number of fused-ring (bicyclic) bond motifs is 1. The van der Waals surface area contributed by atoms with Gasteiger partial charge in [0.15, 0.2) is 16.8 Å². The van der Waals surface area contributed by atoms with Crippen LogP contribution < -0.4 is 9.64 Å². The number of nitrogens with zero attached hydrogens (tertiary/aromatic N) is 4. The summed E-state index contributed by atoms with van der Waals surface area (Å²) >= 11 is 10.3. The molecular formula is C27H22Cl2N4O3S. The minimum Gasteiger partial charge on any atom is -0.489 e. The zero-order valence-electron chi connectivity index (χ0n) is 19.6. The van der Waals surface area contributed by atoms with Gasteiger partial charge in [-0.15, -0.1) is 11.6 Å². The smallest absolute Gasteiger partial charge is 0.159 e. The maximum Gasteiger partial charge on any atom is 0.159 e. The van der Waals surface area contributed by atoms with Crippen molar-refractivity contribution in [2.75, 3.05) is 17.4 Å². The van der Waals surface area contributed by atoms with Crippen molar-refractivity contribution >= 4 is 56.7 Å². The molecule has 0 radical (unpaired) electrons. The largest absolute Gasteiger partial charge is 0.489 e. The molecule has 0 bridgehead atoms. The highest BCUT2D eigenvalue weighted by Gasteiger charge is 2.31. The molecule has 188 valence electrons. The van der Waals surface area contributed by atoms with Gasteiger partial charge >= 0.3 is 0 Å². The number of hydrogen-bond donors (Lipinski definition) is 1. The Morgan fingerprint density at radius 3 is 2.51 bits per heavy atom. The molecule has 1 N–H and O–H groups in total. The molecule has 0 amide bonds. The Labute approximate surface area is 226 Å². The predicted octanol–water partition coefficient (Wildman–Crippen LogP) is 6.46. The quantitative estimate of drug-likeness (QED) is 0.188. The molecule has 4 aromatic rings. The van der Waals surface area contributed by atoms with Crippen molar-refractivity contribution in [1.82, 2.24) is 9.97 Å². The number of anilines is 2. The minimum absolute atomic E-state index is 0.0477. The topological polar surface area (TPSA) is 99.3 Å². The van der Waals surface area contributed by atoms with E-state index in [1.165, 1.54) is 6.20 Å². The Morgan fingerprint density at radius 2 is 1.84 bits per heavy atom. The summed E-state index contributed by atoms with van der Waals surface area (Å²) in [5, 5.41) is 10.1.